The third kappa shape index (κ3) is 5.60. The Morgan fingerprint density at radius 2 is 1.86 bits per heavy atom. The molecule has 1 heterocycles. The molecular formula is C16H25BN2O2Si. The summed E-state index contributed by atoms with van der Waals surface area (Å²) in [5.41, 5.74) is 5.82. The minimum atomic E-state index is -1.45. The van der Waals surface area contributed by atoms with E-state index in [1.807, 2.05) is 6.07 Å². The molecule has 1 aromatic carbocycles. The third-order valence-electron chi connectivity index (χ3n) is 3.51. The van der Waals surface area contributed by atoms with E-state index < -0.39 is 15.2 Å². The molecule has 1 aliphatic heterocycles. The van der Waals surface area contributed by atoms with E-state index in [0.717, 1.165) is 43.9 Å². The lowest BCUT2D eigenvalue weighted by molar-refractivity contribution is 0.233. The largest absolute Gasteiger partial charge is 0.488 e. The lowest BCUT2D eigenvalue weighted by Gasteiger charge is -2.27. The smallest absolute Gasteiger partial charge is 0.423 e. The van der Waals surface area contributed by atoms with Gasteiger partial charge < -0.3 is 15.4 Å². The van der Waals surface area contributed by atoms with E-state index >= 15 is 0 Å². The molecule has 3 N–H and O–H groups in total. The minimum Gasteiger partial charge on any atom is -0.423 e. The van der Waals surface area contributed by atoms with E-state index in [4.69, 9.17) is 0 Å². The Hall–Kier alpha value is -1.10. The maximum absolute atomic E-state index is 9.50. The van der Waals surface area contributed by atoms with Gasteiger partial charge in [0.15, 0.2) is 0 Å². The van der Waals surface area contributed by atoms with Crippen LogP contribution in [0.3, 0.4) is 0 Å². The summed E-state index contributed by atoms with van der Waals surface area (Å²) in [7, 11) is -2.90. The van der Waals surface area contributed by atoms with Crippen LogP contribution < -0.4 is 10.8 Å². The number of hydrogen-bond acceptors (Lipinski definition) is 4. The minimum absolute atomic E-state index is 0.521. The van der Waals surface area contributed by atoms with Crippen molar-refractivity contribution in [2.24, 2.45) is 0 Å². The molecule has 0 bridgehead atoms. The Bertz CT molecular complexity index is 570. The van der Waals surface area contributed by atoms with Gasteiger partial charge in [-0.15, -0.1) is 5.54 Å². The molecular weight excluding hydrogens is 291 g/mol. The first kappa shape index (κ1) is 17.3. The molecule has 22 heavy (non-hydrogen) atoms. The van der Waals surface area contributed by atoms with E-state index in [9.17, 15) is 10.0 Å². The molecule has 1 saturated heterocycles. The number of rotatable bonds is 3. The topological polar surface area (TPSA) is 55.7 Å². The van der Waals surface area contributed by atoms with Crippen molar-refractivity contribution in [2.75, 3.05) is 26.2 Å². The van der Waals surface area contributed by atoms with Gasteiger partial charge >= 0.3 is 7.12 Å². The first-order valence-corrected chi connectivity index (χ1v) is 11.3. The molecule has 1 aromatic rings. The van der Waals surface area contributed by atoms with E-state index in [1.165, 1.54) is 0 Å². The molecule has 0 spiro atoms. The van der Waals surface area contributed by atoms with Gasteiger partial charge in [-0.1, -0.05) is 31.6 Å². The Kier molecular flexibility index (Phi) is 5.84. The van der Waals surface area contributed by atoms with Crippen LogP contribution in [-0.4, -0.2) is 56.3 Å². The Morgan fingerprint density at radius 3 is 2.45 bits per heavy atom. The van der Waals surface area contributed by atoms with Gasteiger partial charge in [-0.2, -0.15) is 0 Å². The van der Waals surface area contributed by atoms with Crippen LogP contribution in [0.25, 0.3) is 0 Å². The number of nitrogens with one attached hydrogen (secondary N) is 1. The molecule has 1 fully saturated rings. The molecule has 0 radical (unpaired) electrons. The second-order valence-corrected chi connectivity index (χ2v) is 11.6. The monoisotopic (exact) mass is 316 g/mol. The summed E-state index contributed by atoms with van der Waals surface area (Å²) in [4.78, 5) is 2.37. The summed E-state index contributed by atoms with van der Waals surface area (Å²) >= 11 is 0. The van der Waals surface area contributed by atoms with Crippen molar-refractivity contribution in [3.63, 3.8) is 0 Å². The van der Waals surface area contributed by atoms with Crippen LogP contribution in [0.4, 0.5) is 0 Å². The van der Waals surface area contributed by atoms with Crippen molar-refractivity contribution in [1.82, 2.24) is 10.2 Å². The fourth-order valence-corrected chi connectivity index (χ4v) is 2.94. The van der Waals surface area contributed by atoms with Crippen molar-refractivity contribution in [3.8, 4) is 11.5 Å². The van der Waals surface area contributed by atoms with E-state index in [1.54, 1.807) is 6.07 Å². The SMILES string of the molecule is C[Si](C)(C)C#Cc1cc(CN2CCNCC2)cc(B(O)O)c1. The van der Waals surface area contributed by atoms with Crippen LogP contribution in [0.1, 0.15) is 11.1 Å². The van der Waals surface area contributed by atoms with E-state index in [0.29, 0.717) is 5.46 Å². The zero-order chi connectivity index (χ0) is 16.2. The van der Waals surface area contributed by atoms with Crippen molar-refractivity contribution < 1.29 is 10.0 Å². The van der Waals surface area contributed by atoms with Gasteiger partial charge in [0.2, 0.25) is 0 Å². The van der Waals surface area contributed by atoms with Crippen LogP contribution >= 0.6 is 0 Å². The molecule has 118 valence electrons. The highest BCUT2D eigenvalue weighted by molar-refractivity contribution is 6.83. The van der Waals surface area contributed by atoms with Crippen LogP contribution in [0.5, 0.6) is 0 Å². The standard InChI is InChI=1S/C16H25BN2O2Si/c1-22(2,3)9-4-14-10-15(12-16(11-14)17(20)21)13-19-7-5-18-6-8-19/h10-12,18,20-21H,5-8,13H2,1-3H3. The second-order valence-electron chi connectivity index (χ2n) is 6.86. The predicted octanol–water partition coefficient (Wildman–Crippen LogP) is 0.000500. The fourth-order valence-electron chi connectivity index (χ4n) is 2.42. The number of piperazine rings is 1. The van der Waals surface area contributed by atoms with Crippen molar-refractivity contribution >= 4 is 20.7 Å². The first-order chi connectivity index (χ1) is 10.3. The quantitative estimate of drug-likeness (QED) is 0.543. The Labute approximate surface area is 134 Å². The summed E-state index contributed by atoms with van der Waals surface area (Å²) in [6, 6.07) is 5.71. The van der Waals surface area contributed by atoms with Crippen molar-refractivity contribution in [1.29, 1.82) is 0 Å². The molecule has 0 amide bonds. The van der Waals surface area contributed by atoms with Crippen LogP contribution in [0.2, 0.25) is 19.6 Å². The van der Waals surface area contributed by atoms with E-state index in [2.05, 4.69) is 47.4 Å². The molecule has 6 heteroatoms. The van der Waals surface area contributed by atoms with Gasteiger partial charge in [0.25, 0.3) is 0 Å². The molecule has 0 atom stereocenters. The third-order valence-corrected chi connectivity index (χ3v) is 4.39. The van der Waals surface area contributed by atoms with Crippen molar-refractivity contribution in [2.45, 2.75) is 26.2 Å². The Morgan fingerprint density at radius 1 is 1.18 bits per heavy atom. The summed E-state index contributed by atoms with van der Waals surface area (Å²) in [6.45, 7) is 11.5. The molecule has 1 aliphatic rings. The summed E-state index contributed by atoms with van der Waals surface area (Å²) in [6.07, 6.45) is 0. The lowest BCUT2D eigenvalue weighted by Crippen LogP contribution is -2.43. The van der Waals surface area contributed by atoms with Crippen LogP contribution in [-0.2, 0) is 6.54 Å². The molecule has 0 aromatic heterocycles. The lowest BCUT2D eigenvalue weighted by atomic mass is 9.78. The molecule has 0 unspecified atom stereocenters. The van der Waals surface area contributed by atoms with Crippen LogP contribution in [0.15, 0.2) is 18.2 Å². The predicted molar refractivity (Wildman–Crippen MR) is 94.6 cm³/mol. The maximum Gasteiger partial charge on any atom is 0.488 e. The second kappa shape index (κ2) is 7.45. The molecule has 4 nitrogen and oxygen atoms in total. The maximum atomic E-state index is 9.50. The number of hydrogen-bond donors (Lipinski definition) is 3. The number of benzene rings is 1. The molecule has 0 saturated carbocycles. The molecule has 0 aliphatic carbocycles. The highest BCUT2D eigenvalue weighted by Crippen LogP contribution is 2.09. The zero-order valence-corrected chi connectivity index (χ0v) is 14.7. The Balaban J connectivity index is 2.24. The van der Waals surface area contributed by atoms with Gasteiger partial charge in [-0.25, -0.2) is 0 Å². The normalized spacial score (nSPS) is 16.0. The van der Waals surface area contributed by atoms with Gasteiger partial charge in [-0.3, -0.25) is 4.90 Å². The summed E-state index contributed by atoms with van der Waals surface area (Å²) in [5.74, 6) is 3.22. The highest BCUT2D eigenvalue weighted by Gasteiger charge is 2.15. The highest BCUT2D eigenvalue weighted by atomic mass is 28.3. The average Bonchev–Trinajstić information content (AvgIpc) is 2.45. The van der Waals surface area contributed by atoms with Gasteiger partial charge in [-0.05, 0) is 23.2 Å². The van der Waals surface area contributed by atoms with Gasteiger partial charge in [0.1, 0.15) is 8.07 Å². The van der Waals surface area contributed by atoms with Crippen molar-refractivity contribution in [3.05, 3.63) is 29.3 Å². The molecule has 2 rings (SSSR count). The summed E-state index contributed by atoms with van der Waals surface area (Å²) < 4.78 is 0. The zero-order valence-electron chi connectivity index (χ0n) is 13.7. The van der Waals surface area contributed by atoms with Gasteiger partial charge in [0.05, 0.1) is 0 Å². The first-order valence-electron chi connectivity index (χ1n) is 7.80. The average molecular weight is 316 g/mol. The van der Waals surface area contributed by atoms with Crippen LogP contribution in [0, 0.1) is 11.5 Å². The fraction of sp³-hybridized carbons (Fsp3) is 0.500. The van der Waals surface area contributed by atoms with E-state index in [-0.39, 0.29) is 0 Å². The summed E-state index contributed by atoms with van der Waals surface area (Å²) in [5, 5.41) is 22.3. The van der Waals surface area contributed by atoms with Gasteiger partial charge in [0, 0.05) is 38.3 Å². The number of nitrogens with zero attached hydrogens (tertiary/aromatic N) is 1.